The van der Waals surface area contributed by atoms with Crippen LogP contribution in [0.1, 0.15) is 41.6 Å². The molecular formula is C16H15N3OS. The molecule has 1 aliphatic carbocycles. The molecule has 3 rings (SSSR count). The molecule has 0 aliphatic heterocycles. The molecule has 1 aromatic carbocycles. The number of thioether (sulfide) groups is 1. The Morgan fingerprint density at radius 1 is 1.38 bits per heavy atom. The maximum atomic E-state index is 12.4. The number of rotatable bonds is 2. The summed E-state index contributed by atoms with van der Waals surface area (Å²) >= 11 is 1.21. The summed E-state index contributed by atoms with van der Waals surface area (Å²) in [6, 6.07) is 9.72. The first-order chi connectivity index (χ1) is 10.0. The van der Waals surface area contributed by atoms with Crippen LogP contribution in [0.5, 0.6) is 0 Å². The molecule has 0 radical (unpaired) electrons. The highest BCUT2D eigenvalue weighted by Crippen LogP contribution is 2.51. The van der Waals surface area contributed by atoms with E-state index in [1.165, 1.54) is 11.8 Å². The molecule has 0 saturated heterocycles. The standard InChI is InChI=1S/C16H15N3OS/c1-16(2)8-13(20)12-9-18-19(11-6-4-3-5-7-11)14(12)15(16)21-10-17/h3-7,9,15H,8H2,1-2H3. The first-order valence-corrected chi connectivity index (χ1v) is 7.64. The van der Waals surface area contributed by atoms with E-state index < -0.39 is 0 Å². The smallest absolute Gasteiger partial charge is 0.166 e. The zero-order valence-electron chi connectivity index (χ0n) is 11.9. The summed E-state index contributed by atoms with van der Waals surface area (Å²) < 4.78 is 1.79. The number of hydrogen-bond donors (Lipinski definition) is 0. The van der Waals surface area contributed by atoms with Gasteiger partial charge in [0.25, 0.3) is 0 Å². The fourth-order valence-electron chi connectivity index (χ4n) is 2.84. The molecule has 1 atom stereocenters. The van der Waals surface area contributed by atoms with Crippen LogP contribution in [0, 0.1) is 16.1 Å². The molecule has 0 fully saturated rings. The lowest BCUT2D eigenvalue weighted by molar-refractivity contribution is 0.0908. The third-order valence-electron chi connectivity index (χ3n) is 3.85. The Hall–Kier alpha value is -2.06. The first kappa shape index (κ1) is 13.9. The number of ketones is 1. The lowest BCUT2D eigenvalue weighted by Gasteiger charge is -2.36. The summed E-state index contributed by atoms with van der Waals surface area (Å²) in [4.78, 5) is 12.4. The Labute approximate surface area is 127 Å². The number of thiocyanates is 1. The molecule has 1 aromatic heterocycles. The van der Waals surface area contributed by atoms with E-state index in [1.807, 2.05) is 44.2 Å². The van der Waals surface area contributed by atoms with Gasteiger partial charge in [-0.3, -0.25) is 4.79 Å². The van der Waals surface area contributed by atoms with Crippen LogP contribution >= 0.6 is 11.8 Å². The van der Waals surface area contributed by atoms with Crippen LogP contribution in [0.2, 0.25) is 0 Å². The molecule has 4 nitrogen and oxygen atoms in total. The van der Waals surface area contributed by atoms with Crippen molar-refractivity contribution in [2.75, 3.05) is 0 Å². The molecule has 0 saturated carbocycles. The van der Waals surface area contributed by atoms with Crippen molar-refractivity contribution >= 4 is 17.5 Å². The summed E-state index contributed by atoms with van der Waals surface area (Å²) in [5, 5.41) is 15.6. The number of hydrogen-bond acceptors (Lipinski definition) is 4. The van der Waals surface area contributed by atoms with Gasteiger partial charge in [0.15, 0.2) is 5.78 Å². The van der Waals surface area contributed by atoms with Crippen LogP contribution in [0.25, 0.3) is 5.69 Å². The lowest BCUT2D eigenvalue weighted by Crippen LogP contribution is -2.31. The molecule has 0 N–H and O–H groups in total. The van der Waals surface area contributed by atoms with Crippen molar-refractivity contribution in [3.8, 4) is 11.1 Å². The van der Waals surface area contributed by atoms with Gasteiger partial charge in [-0.1, -0.05) is 32.0 Å². The maximum Gasteiger partial charge on any atom is 0.166 e. The fourth-order valence-corrected chi connectivity index (χ4v) is 3.69. The molecule has 0 spiro atoms. The average molecular weight is 297 g/mol. The van der Waals surface area contributed by atoms with Gasteiger partial charge in [-0.25, -0.2) is 4.68 Å². The highest BCUT2D eigenvalue weighted by Gasteiger charge is 2.43. The van der Waals surface area contributed by atoms with Gasteiger partial charge in [0, 0.05) is 6.42 Å². The molecule has 5 heteroatoms. The number of fused-ring (bicyclic) bond motifs is 1. The summed E-state index contributed by atoms with van der Waals surface area (Å²) in [6.07, 6.45) is 2.07. The van der Waals surface area contributed by atoms with Gasteiger partial charge in [-0.15, -0.1) is 0 Å². The zero-order valence-corrected chi connectivity index (χ0v) is 12.7. The van der Waals surface area contributed by atoms with Crippen LogP contribution in [0.3, 0.4) is 0 Å². The average Bonchev–Trinajstić information content (AvgIpc) is 2.89. The predicted molar refractivity (Wildman–Crippen MR) is 82.2 cm³/mol. The highest BCUT2D eigenvalue weighted by molar-refractivity contribution is 8.04. The molecule has 0 amide bonds. The normalized spacial score (nSPS) is 19.9. The van der Waals surface area contributed by atoms with Gasteiger partial charge in [-0.2, -0.15) is 10.4 Å². The topological polar surface area (TPSA) is 58.7 Å². The van der Waals surface area contributed by atoms with Crippen LogP contribution in [0.4, 0.5) is 0 Å². The summed E-state index contributed by atoms with van der Waals surface area (Å²) in [7, 11) is 0. The number of benzene rings is 1. The highest BCUT2D eigenvalue weighted by atomic mass is 32.2. The van der Waals surface area contributed by atoms with E-state index in [0.717, 1.165) is 11.4 Å². The summed E-state index contributed by atoms with van der Waals surface area (Å²) in [5.41, 5.74) is 2.13. The van der Waals surface area contributed by atoms with E-state index in [4.69, 9.17) is 5.26 Å². The van der Waals surface area contributed by atoms with E-state index in [2.05, 4.69) is 10.5 Å². The van der Waals surface area contributed by atoms with E-state index in [0.29, 0.717) is 12.0 Å². The van der Waals surface area contributed by atoms with Crippen LogP contribution in [-0.2, 0) is 0 Å². The molecule has 2 aromatic rings. The van der Waals surface area contributed by atoms with Crippen molar-refractivity contribution < 1.29 is 4.79 Å². The predicted octanol–water partition coefficient (Wildman–Crippen LogP) is 3.74. The van der Waals surface area contributed by atoms with Gasteiger partial charge >= 0.3 is 0 Å². The fraction of sp³-hybridized carbons (Fsp3) is 0.312. The second-order valence-corrected chi connectivity index (χ2v) is 6.76. The number of aromatic nitrogens is 2. The molecule has 21 heavy (non-hydrogen) atoms. The first-order valence-electron chi connectivity index (χ1n) is 6.76. The van der Waals surface area contributed by atoms with Gasteiger partial charge in [0.1, 0.15) is 5.40 Å². The van der Waals surface area contributed by atoms with Crippen LogP contribution in [-0.4, -0.2) is 15.6 Å². The number of nitrogens with zero attached hydrogens (tertiary/aromatic N) is 3. The quantitative estimate of drug-likeness (QED) is 0.792. The molecular weight excluding hydrogens is 282 g/mol. The lowest BCUT2D eigenvalue weighted by atomic mass is 9.75. The van der Waals surface area contributed by atoms with Gasteiger partial charge in [0.2, 0.25) is 0 Å². The Kier molecular flexibility index (Phi) is 3.34. The minimum absolute atomic E-state index is 0.0714. The summed E-state index contributed by atoms with van der Waals surface area (Å²) in [5.74, 6) is 0.104. The number of carbonyl (C=O) groups is 1. The molecule has 1 unspecified atom stereocenters. The van der Waals surface area contributed by atoms with Gasteiger partial charge < -0.3 is 0 Å². The maximum absolute atomic E-state index is 12.4. The van der Waals surface area contributed by atoms with Crippen molar-refractivity contribution in [1.29, 1.82) is 5.26 Å². The number of nitriles is 1. The van der Waals surface area contributed by atoms with Crippen LogP contribution < -0.4 is 0 Å². The molecule has 106 valence electrons. The SMILES string of the molecule is CC1(C)CC(=O)c2cnn(-c3ccccc3)c2C1SC#N. The minimum atomic E-state index is -0.267. The monoisotopic (exact) mass is 297 g/mol. The van der Waals surface area contributed by atoms with Crippen molar-refractivity contribution in [3.63, 3.8) is 0 Å². The van der Waals surface area contributed by atoms with E-state index in [9.17, 15) is 4.79 Å². The zero-order chi connectivity index (χ0) is 15.0. The second-order valence-electron chi connectivity index (χ2n) is 5.87. The Balaban J connectivity index is 2.21. The largest absolute Gasteiger partial charge is 0.294 e. The third kappa shape index (κ3) is 2.26. The number of carbonyl (C=O) groups excluding carboxylic acids is 1. The number of Topliss-reactive ketones (excluding diaryl/α,β-unsaturated/α-hetero) is 1. The van der Waals surface area contributed by atoms with Crippen molar-refractivity contribution in [2.45, 2.75) is 25.5 Å². The molecule has 1 aliphatic rings. The Morgan fingerprint density at radius 2 is 2.10 bits per heavy atom. The molecule has 0 bridgehead atoms. The van der Waals surface area contributed by atoms with Crippen molar-refractivity contribution in [2.24, 2.45) is 5.41 Å². The van der Waals surface area contributed by atoms with Crippen molar-refractivity contribution in [3.05, 3.63) is 47.8 Å². The van der Waals surface area contributed by atoms with Gasteiger partial charge in [-0.05, 0) is 29.3 Å². The Morgan fingerprint density at radius 3 is 2.76 bits per heavy atom. The second kappa shape index (κ2) is 5.05. The third-order valence-corrected chi connectivity index (χ3v) is 5.05. The van der Waals surface area contributed by atoms with Crippen LogP contribution in [0.15, 0.2) is 36.5 Å². The van der Waals surface area contributed by atoms with E-state index in [-0.39, 0.29) is 16.4 Å². The van der Waals surface area contributed by atoms with E-state index in [1.54, 1.807) is 10.9 Å². The minimum Gasteiger partial charge on any atom is -0.294 e. The summed E-state index contributed by atoms with van der Waals surface area (Å²) in [6.45, 7) is 4.07. The van der Waals surface area contributed by atoms with Gasteiger partial charge in [0.05, 0.1) is 28.4 Å². The van der Waals surface area contributed by atoms with E-state index >= 15 is 0 Å². The molecule has 1 heterocycles. The van der Waals surface area contributed by atoms with Crippen molar-refractivity contribution in [1.82, 2.24) is 9.78 Å². The Bertz CT molecular complexity index is 728. The number of para-hydroxylation sites is 1.